The Morgan fingerprint density at radius 1 is 0.821 bits per heavy atom. The first-order valence-corrected chi connectivity index (χ1v) is 11.8. The summed E-state index contributed by atoms with van der Waals surface area (Å²) in [7, 11) is 0. The van der Waals surface area contributed by atoms with E-state index in [2.05, 4.69) is 20.8 Å². The van der Waals surface area contributed by atoms with E-state index >= 15 is 0 Å². The van der Waals surface area contributed by atoms with Gasteiger partial charge in [-0.05, 0) is 56.3 Å². The molecule has 0 aromatic rings. The van der Waals surface area contributed by atoms with Gasteiger partial charge in [0, 0.05) is 18.7 Å². The van der Waals surface area contributed by atoms with Gasteiger partial charge in [-0.1, -0.05) is 46.5 Å². The first kappa shape index (κ1) is 25.3. The van der Waals surface area contributed by atoms with Crippen molar-refractivity contribution in [3.05, 3.63) is 0 Å². The second-order valence-electron chi connectivity index (χ2n) is 9.21. The average molecular weight is 417 g/mol. The van der Waals surface area contributed by atoms with Gasteiger partial charge in [0.25, 0.3) is 0 Å². The van der Waals surface area contributed by atoms with Crippen LogP contribution in [0.25, 0.3) is 0 Å². The van der Waals surface area contributed by atoms with Gasteiger partial charge in [-0.25, -0.2) is 0 Å². The Labute approximate surface area is 177 Å². The fourth-order valence-corrected chi connectivity index (χ4v) is 4.02. The van der Waals surface area contributed by atoms with Crippen molar-refractivity contribution in [3.8, 4) is 0 Å². The monoisotopic (exact) mass is 416 g/mol. The molecule has 0 N–H and O–H groups in total. The lowest BCUT2D eigenvalue weighted by Gasteiger charge is -2.36. The maximum absolute atomic E-state index is 12.0. The molecule has 164 valence electrons. The maximum Gasteiger partial charge on any atom is 0.306 e. The minimum atomic E-state index is -0.208. The molecule has 5 heteroatoms. The Hall–Kier alpha value is -0.770. The zero-order valence-electron chi connectivity index (χ0n) is 18.3. The third-order valence-corrected chi connectivity index (χ3v) is 6.02. The Kier molecular flexibility index (Phi) is 12.9. The molecule has 0 aromatic carbocycles. The number of esters is 2. The number of alkyl halides is 1. The van der Waals surface area contributed by atoms with Crippen LogP contribution in [0.2, 0.25) is 0 Å². The van der Waals surface area contributed by atoms with E-state index in [0.717, 1.165) is 57.2 Å². The average Bonchev–Trinajstić information content (AvgIpc) is 2.63. The van der Waals surface area contributed by atoms with Gasteiger partial charge in [-0.15, -0.1) is 11.6 Å². The molecule has 0 heterocycles. The molecule has 0 unspecified atom stereocenters. The van der Waals surface area contributed by atoms with Gasteiger partial charge in [0.2, 0.25) is 0 Å². The lowest BCUT2D eigenvalue weighted by atomic mass is 9.72. The van der Waals surface area contributed by atoms with Gasteiger partial charge < -0.3 is 9.47 Å². The molecule has 0 saturated heterocycles. The zero-order valence-corrected chi connectivity index (χ0v) is 19.0. The predicted molar refractivity (Wildman–Crippen MR) is 115 cm³/mol. The molecule has 1 aliphatic rings. The van der Waals surface area contributed by atoms with Gasteiger partial charge in [0.15, 0.2) is 0 Å². The minimum absolute atomic E-state index is 0.0579. The lowest BCUT2D eigenvalue weighted by molar-refractivity contribution is -0.151. The number of halogens is 1. The second-order valence-corrected chi connectivity index (χ2v) is 9.59. The third kappa shape index (κ3) is 11.9. The Morgan fingerprint density at radius 2 is 1.39 bits per heavy atom. The minimum Gasteiger partial charge on any atom is -0.466 e. The molecule has 0 radical (unpaired) electrons. The van der Waals surface area contributed by atoms with E-state index in [1.165, 1.54) is 12.8 Å². The summed E-state index contributed by atoms with van der Waals surface area (Å²) in [5, 5.41) is 0. The Balaban J connectivity index is 1.99. The smallest absolute Gasteiger partial charge is 0.306 e. The first-order chi connectivity index (χ1) is 13.3. The summed E-state index contributed by atoms with van der Waals surface area (Å²) < 4.78 is 10.8. The molecule has 0 spiro atoms. The van der Waals surface area contributed by atoms with Crippen LogP contribution in [-0.2, 0) is 19.1 Å². The van der Waals surface area contributed by atoms with Crippen molar-refractivity contribution in [2.75, 3.05) is 12.5 Å². The Bertz CT molecular complexity index is 436. The van der Waals surface area contributed by atoms with Crippen molar-refractivity contribution in [1.82, 2.24) is 0 Å². The van der Waals surface area contributed by atoms with Crippen molar-refractivity contribution in [1.29, 1.82) is 0 Å². The van der Waals surface area contributed by atoms with E-state index in [-0.39, 0.29) is 18.0 Å². The predicted octanol–water partition coefficient (Wildman–Crippen LogP) is 6.43. The van der Waals surface area contributed by atoms with E-state index in [1.807, 2.05) is 0 Å². The number of carbonyl (C=O) groups excluding carboxylic acids is 2. The molecular formula is C23H41ClO4. The van der Waals surface area contributed by atoms with E-state index in [9.17, 15) is 9.59 Å². The zero-order chi connectivity index (χ0) is 20.8. The van der Waals surface area contributed by atoms with Gasteiger partial charge in [0.1, 0.15) is 6.10 Å². The van der Waals surface area contributed by atoms with E-state index < -0.39 is 0 Å². The highest BCUT2D eigenvalue weighted by Crippen LogP contribution is 2.38. The second kappa shape index (κ2) is 14.3. The molecule has 28 heavy (non-hydrogen) atoms. The highest BCUT2D eigenvalue weighted by Gasteiger charge is 2.30. The van der Waals surface area contributed by atoms with Crippen molar-refractivity contribution in [2.45, 2.75) is 110 Å². The SMILES string of the molecule is CC(C)(C)C1CCC(OC(=O)CCCC(=O)OCCCCCCCCCl)CC1. The van der Waals surface area contributed by atoms with Crippen LogP contribution in [-0.4, -0.2) is 30.5 Å². The van der Waals surface area contributed by atoms with Gasteiger partial charge in [0.05, 0.1) is 6.61 Å². The van der Waals surface area contributed by atoms with E-state index in [0.29, 0.717) is 37.2 Å². The summed E-state index contributed by atoms with van der Waals surface area (Å²) in [6.45, 7) is 7.33. The molecule has 0 atom stereocenters. The number of hydrogen-bond donors (Lipinski definition) is 0. The molecule has 4 nitrogen and oxygen atoms in total. The molecule has 1 fully saturated rings. The van der Waals surface area contributed by atoms with Crippen LogP contribution in [0.15, 0.2) is 0 Å². The molecule has 1 saturated carbocycles. The Morgan fingerprint density at radius 3 is 2.00 bits per heavy atom. The van der Waals surface area contributed by atoms with Gasteiger partial charge in [-0.2, -0.15) is 0 Å². The molecule has 1 rings (SSSR count). The highest BCUT2D eigenvalue weighted by molar-refractivity contribution is 6.17. The van der Waals surface area contributed by atoms with Crippen molar-refractivity contribution in [3.63, 3.8) is 0 Å². The topological polar surface area (TPSA) is 52.6 Å². The summed E-state index contributed by atoms with van der Waals surface area (Å²) in [5.74, 6) is 1.07. The highest BCUT2D eigenvalue weighted by atomic mass is 35.5. The third-order valence-electron chi connectivity index (χ3n) is 5.75. The number of ether oxygens (including phenoxy) is 2. The maximum atomic E-state index is 12.0. The largest absolute Gasteiger partial charge is 0.466 e. The molecule has 0 aliphatic heterocycles. The number of carbonyl (C=O) groups is 2. The summed E-state index contributed by atoms with van der Waals surface area (Å²) in [6, 6.07) is 0. The summed E-state index contributed by atoms with van der Waals surface area (Å²) >= 11 is 5.64. The molecule has 0 bridgehead atoms. The fourth-order valence-electron chi connectivity index (χ4n) is 3.83. The quantitative estimate of drug-likeness (QED) is 0.197. The van der Waals surface area contributed by atoms with Crippen LogP contribution in [0.1, 0.15) is 104 Å². The molecular weight excluding hydrogens is 376 g/mol. The number of unbranched alkanes of at least 4 members (excludes halogenated alkanes) is 5. The van der Waals surface area contributed by atoms with Gasteiger partial charge in [-0.3, -0.25) is 9.59 Å². The lowest BCUT2D eigenvalue weighted by Crippen LogP contribution is -2.30. The molecule has 0 aromatic heterocycles. The summed E-state index contributed by atoms with van der Waals surface area (Å²) in [6.07, 6.45) is 11.9. The van der Waals surface area contributed by atoms with Crippen LogP contribution in [0.5, 0.6) is 0 Å². The van der Waals surface area contributed by atoms with Crippen molar-refractivity contribution < 1.29 is 19.1 Å². The molecule has 0 amide bonds. The van der Waals surface area contributed by atoms with E-state index in [1.54, 1.807) is 0 Å². The van der Waals surface area contributed by atoms with Gasteiger partial charge >= 0.3 is 11.9 Å². The normalized spacial score (nSPS) is 20.0. The van der Waals surface area contributed by atoms with Crippen LogP contribution in [0.4, 0.5) is 0 Å². The fraction of sp³-hybridized carbons (Fsp3) is 0.913. The van der Waals surface area contributed by atoms with Crippen LogP contribution in [0, 0.1) is 11.3 Å². The van der Waals surface area contributed by atoms with Crippen molar-refractivity contribution >= 4 is 23.5 Å². The molecule has 1 aliphatic carbocycles. The first-order valence-electron chi connectivity index (χ1n) is 11.2. The van der Waals surface area contributed by atoms with E-state index in [4.69, 9.17) is 21.1 Å². The number of hydrogen-bond acceptors (Lipinski definition) is 4. The van der Waals surface area contributed by atoms with Crippen LogP contribution >= 0.6 is 11.6 Å². The van der Waals surface area contributed by atoms with Crippen LogP contribution < -0.4 is 0 Å². The summed E-state index contributed by atoms with van der Waals surface area (Å²) in [5.41, 5.74) is 0.333. The summed E-state index contributed by atoms with van der Waals surface area (Å²) in [4.78, 5) is 23.7. The van der Waals surface area contributed by atoms with Crippen molar-refractivity contribution in [2.24, 2.45) is 11.3 Å². The standard InChI is InChI=1S/C23H41ClO4/c1-23(2,3)19-13-15-20(16-14-19)28-22(26)12-10-11-21(25)27-18-9-7-5-4-6-8-17-24/h19-20H,4-18H2,1-3H3. The number of rotatable bonds is 13. The van der Waals surface area contributed by atoms with Crippen LogP contribution in [0.3, 0.4) is 0 Å².